The standard InChI is InChI=1S/C25H39N/c1-4-5-6-7-8-9-10-11-12-13-17-22-20-19-21-16-14-15-18-23(21)24(22)25(2,3)26/h14-16,18-20H,4-13,17,26H2,1-3H3. The van der Waals surface area contributed by atoms with Crippen molar-refractivity contribution in [2.24, 2.45) is 5.73 Å². The first-order chi connectivity index (χ1) is 12.5. The Balaban J connectivity index is 1.82. The second-order valence-corrected chi connectivity index (χ2v) is 8.47. The van der Waals surface area contributed by atoms with Crippen molar-refractivity contribution in [3.05, 3.63) is 47.5 Å². The van der Waals surface area contributed by atoms with Crippen LogP contribution in [0.3, 0.4) is 0 Å². The van der Waals surface area contributed by atoms with Gasteiger partial charge >= 0.3 is 0 Å². The summed E-state index contributed by atoms with van der Waals surface area (Å²) in [6, 6.07) is 13.2. The molecule has 144 valence electrons. The van der Waals surface area contributed by atoms with Crippen molar-refractivity contribution in [2.75, 3.05) is 0 Å². The third-order valence-corrected chi connectivity index (χ3v) is 5.46. The number of hydrogen-bond acceptors (Lipinski definition) is 1. The Bertz CT molecular complexity index is 651. The normalized spacial score (nSPS) is 12.0. The van der Waals surface area contributed by atoms with Crippen LogP contribution in [0, 0.1) is 0 Å². The topological polar surface area (TPSA) is 26.0 Å². The van der Waals surface area contributed by atoms with Crippen LogP contribution in [-0.2, 0) is 12.0 Å². The molecule has 0 fully saturated rings. The fraction of sp³-hybridized carbons (Fsp3) is 0.600. The number of aryl methyl sites for hydroxylation is 1. The van der Waals surface area contributed by atoms with E-state index in [1.54, 1.807) is 0 Å². The average molecular weight is 354 g/mol. The Kier molecular flexibility index (Phi) is 8.65. The van der Waals surface area contributed by atoms with Gasteiger partial charge in [-0.2, -0.15) is 0 Å². The first kappa shape index (κ1) is 21.0. The summed E-state index contributed by atoms with van der Waals surface area (Å²) >= 11 is 0. The molecule has 2 rings (SSSR count). The lowest BCUT2D eigenvalue weighted by Crippen LogP contribution is -2.30. The minimum Gasteiger partial charge on any atom is -0.322 e. The van der Waals surface area contributed by atoms with E-state index in [9.17, 15) is 0 Å². The molecule has 0 radical (unpaired) electrons. The highest BCUT2D eigenvalue weighted by Crippen LogP contribution is 2.31. The summed E-state index contributed by atoms with van der Waals surface area (Å²) in [5.41, 5.74) is 9.03. The van der Waals surface area contributed by atoms with Gasteiger partial charge in [0.1, 0.15) is 0 Å². The van der Waals surface area contributed by atoms with Gasteiger partial charge in [0.25, 0.3) is 0 Å². The van der Waals surface area contributed by atoms with Crippen LogP contribution in [0.2, 0.25) is 0 Å². The van der Waals surface area contributed by atoms with E-state index in [1.807, 2.05) is 0 Å². The first-order valence-corrected chi connectivity index (χ1v) is 10.8. The zero-order valence-corrected chi connectivity index (χ0v) is 17.3. The van der Waals surface area contributed by atoms with Crippen molar-refractivity contribution in [3.63, 3.8) is 0 Å². The molecule has 2 N–H and O–H groups in total. The lowest BCUT2D eigenvalue weighted by Gasteiger charge is -2.25. The number of nitrogens with two attached hydrogens (primary N) is 1. The Hall–Kier alpha value is -1.34. The Morgan fingerprint density at radius 3 is 1.92 bits per heavy atom. The third-order valence-electron chi connectivity index (χ3n) is 5.46. The molecule has 2 aromatic carbocycles. The molecule has 0 heterocycles. The number of fused-ring (bicyclic) bond motifs is 1. The zero-order chi connectivity index (χ0) is 18.8. The highest BCUT2D eigenvalue weighted by molar-refractivity contribution is 5.87. The van der Waals surface area contributed by atoms with E-state index in [4.69, 9.17) is 5.73 Å². The van der Waals surface area contributed by atoms with Gasteiger partial charge in [-0.15, -0.1) is 0 Å². The Morgan fingerprint density at radius 2 is 1.31 bits per heavy atom. The van der Waals surface area contributed by atoms with Crippen LogP contribution in [0.4, 0.5) is 0 Å². The molecule has 0 aromatic heterocycles. The van der Waals surface area contributed by atoms with Crippen LogP contribution < -0.4 is 5.73 Å². The first-order valence-electron chi connectivity index (χ1n) is 10.8. The molecule has 0 saturated carbocycles. The van der Waals surface area contributed by atoms with E-state index < -0.39 is 0 Å². The summed E-state index contributed by atoms with van der Waals surface area (Å²) in [6.45, 7) is 6.56. The van der Waals surface area contributed by atoms with E-state index >= 15 is 0 Å². The van der Waals surface area contributed by atoms with Crippen molar-refractivity contribution < 1.29 is 0 Å². The quantitative estimate of drug-likeness (QED) is 0.393. The molecule has 0 amide bonds. The largest absolute Gasteiger partial charge is 0.322 e. The maximum Gasteiger partial charge on any atom is 0.0361 e. The van der Waals surface area contributed by atoms with Gasteiger partial charge in [-0.1, -0.05) is 101 Å². The van der Waals surface area contributed by atoms with Gasteiger partial charge < -0.3 is 5.73 Å². The van der Waals surface area contributed by atoms with Gasteiger partial charge in [0, 0.05) is 5.54 Å². The van der Waals surface area contributed by atoms with Gasteiger partial charge in [0.05, 0.1) is 0 Å². The van der Waals surface area contributed by atoms with Gasteiger partial charge in [0.2, 0.25) is 0 Å². The summed E-state index contributed by atoms with van der Waals surface area (Å²) in [6.07, 6.45) is 15.0. The monoisotopic (exact) mass is 353 g/mol. The Morgan fingerprint density at radius 1 is 0.731 bits per heavy atom. The molecule has 26 heavy (non-hydrogen) atoms. The van der Waals surface area contributed by atoms with E-state index in [-0.39, 0.29) is 5.54 Å². The van der Waals surface area contributed by atoms with E-state index in [0.29, 0.717) is 0 Å². The van der Waals surface area contributed by atoms with Crippen molar-refractivity contribution in [1.29, 1.82) is 0 Å². The maximum atomic E-state index is 6.54. The van der Waals surface area contributed by atoms with Crippen molar-refractivity contribution >= 4 is 10.8 Å². The molecule has 0 spiro atoms. The molecule has 0 saturated heterocycles. The molecule has 0 bridgehead atoms. The molecule has 0 unspecified atom stereocenters. The molecular formula is C25H39N. The fourth-order valence-corrected chi connectivity index (χ4v) is 4.09. The number of hydrogen-bond donors (Lipinski definition) is 1. The summed E-state index contributed by atoms with van der Waals surface area (Å²) in [5.74, 6) is 0. The fourth-order valence-electron chi connectivity index (χ4n) is 4.09. The van der Waals surface area contributed by atoms with Crippen LogP contribution in [0.5, 0.6) is 0 Å². The minimum absolute atomic E-state index is 0.297. The molecule has 0 aliphatic heterocycles. The molecule has 0 aliphatic rings. The van der Waals surface area contributed by atoms with Crippen LogP contribution in [0.1, 0.15) is 96.1 Å². The average Bonchev–Trinajstić information content (AvgIpc) is 2.62. The van der Waals surface area contributed by atoms with Crippen molar-refractivity contribution in [3.8, 4) is 0 Å². The van der Waals surface area contributed by atoms with Gasteiger partial charge in [-0.05, 0) is 48.6 Å². The minimum atomic E-state index is -0.297. The number of benzene rings is 2. The molecule has 0 atom stereocenters. The molecular weight excluding hydrogens is 314 g/mol. The summed E-state index contributed by atoms with van der Waals surface area (Å²) in [7, 11) is 0. The summed E-state index contributed by atoms with van der Waals surface area (Å²) < 4.78 is 0. The number of rotatable bonds is 12. The molecule has 0 aliphatic carbocycles. The highest BCUT2D eigenvalue weighted by Gasteiger charge is 2.20. The van der Waals surface area contributed by atoms with Crippen LogP contribution in [-0.4, -0.2) is 0 Å². The second kappa shape index (κ2) is 10.7. The lowest BCUT2D eigenvalue weighted by molar-refractivity contribution is 0.542. The van der Waals surface area contributed by atoms with E-state index in [2.05, 4.69) is 57.2 Å². The van der Waals surface area contributed by atoms with Gasteiger partial charge in [-0.25, -0.2) is 0 Å². The van der Waals surface area contributed by atoms with Gasteiger partial charge in [-0.3, -0.25) is 0 Å². The third kappa shape index (κ3) is 6.43. The van der Waals surface area contributed by atoms with Crippen molar-refractivity contribution in [2.45, 2.75) is 96.9 Å². The molecule has 2 aromatic rings. The molecule has 1 nitrogen and oxygen atoms in total. The van der Waals surface area contributed by atoms with Crippen LogP contribution >= 0.6 is 0 Å². The summed E-state index contributed by atoms with van der Waals surface area (Å²) in [5, 5.41) is 2.62. The van der Waals surface area contributed by atoms with Crippen LogP contribution in [0.25, 0.3) is 10.8 Å². The second-order valence-electron chi connectivity index (χ2n) is 8.47. The predicted molar refractivity (Wildman–Crippen MR) is 117 cm³/mol. The maximum absolute atomic E-state index is 6.54. The van der Waals surface area contributed by atoms with Crippen molar-refractivity contribution in [1.82, 2.24) is 0 Å². The lowest BCUT2D eigenvalue weighted by atomic mass is 9.84. The zero-order valence-electron chi connectivity index (χ0n) is 17.3. The van der Waals surface area contributed by atoms with Gasteiger partial charge in [0.15, 0.2) is 0 Å². The van der Waals surface area contributed by atoms with Crippen LogP contribution in [0.15, 0.2) is 36.4 Å². The number of unbranched alkanes of at least 4 members (excludes halogenated alkanes) is 9. The molecule has 1 heteroatoms. The van der Waals surface area contributed by atoms with E-state index in [1.165, 1.54) is 86.1 Å². The smallest absolute Gasteiger partial charge is 0.0361 e. The Labute approximate surface area is 161 Å². The predicted octanol–water partition coefficient (Wildman–Crippen LogP) is 7.50. The SMILES string of the molecule is CCCCCCCCCCCCc1ccc2ccccc2c1C(C)(C)N. The summed E-state index contributed by atoms with van der Waals surface area (Å²) in [4.78, 5) is 0. The highest BCUT2D eigenvalue weighted by atomic mass is 14.7. The van der Waals surface area contributed by atoms with E-state index in [0.717, 1.165) is 6.42 Å².